The van der Waals surface area contributed by atoms with Gasteiger partial charge in [-0.05, 0) is 24.3 Å². The number of thioether (sulfide) groups is 1. The third kappa shape index (κ3) is 4.68. The van der Waals surface area contributed by atoms with Crippen LogP contribution >= 0.6 is 46.6 Å². The molecular formula is C17H13Cl3N4O2S. The van der Waals surface area contributed by atoms with E-state index in [0.29, 0.717) is 34.0 Å². The Labute approximate surface area is 174 Å². The number of rotatable bonds is 7. The molecule has 1 N–H and O–H groups in total. The van der Waals surface area contributed by atoms with Crippen LogP contribution in [0, 0.1) is 0 Å². The van der Waals surface area contributed by atoms with E-state index in [0.717, 1.165) is 0 Å². The molecule has 0 radical (unpaired) electrons. The molecule has 1 aromatic carbocycles. The fourth-order valence-electron chi connectivity index (χ4n) is 2.24. The van der Waals surface area contributed by atoms with Gasteiger partial charge in [-0.1, -0.05) is 52.6 Å². The van der Waals surface area contributed by atoms with Crippen molar-refractivity contribution in [2.24, 2.45) is 0 Å². The number of benzene rings is 1. The topological polar surface area (TPSA) is 73.0 Å². The van der Waals surface area contributed by atoms with Crippen LogP contribution in [-0.4, -0.2) is 26.4 Å². The van der Waals surface area contributed by atoms with Gasteiger partial charge in [0.05, 0.1) is 27.7 Å². The lowest BCUT2D eigenvalue weighted by Crippen LogP contribution is -2.15. The second kappa shape index (κ2) is 8.84. The molecule has 0 aliphatic rings. The van der Waals surface area contributed by atoms with E-state index >= 15 is 0 Å². The Morgan fingerprint density at radius 1 is 1.30 bits per heavy atom. The number of carbonyl (C=O) groups excluding carboxylic acids is 1. The molecular weight excluding hydrogens is 431 g/mol. The average Bonchev–Trinajstić information content (AvgIpc) is 3.26. The number of amides is 1. The summed E-state index contributed by atoms with van der Waals surface area (Å²) in [7, 11) is 0. The van der Waals surface area contributed by atoms with E-state index < -0.39 is 0 Å². The molecule has 0 saturated carbocycles. The molecule has 27 heavy (non-hydrogen) atoms. The fourth-order valence-corrected chi connectivity index (χ4v) is 3.90. The zero-order chi connectivity index (χ0) is 19.4. The van der Waals surface area contributed by atoms with Crippen molar-refractivity contribution in [2.75, 3.05) is 11.1 Å². The van der Waals surface area contributed by atoms with Crippen molar-refractivity contribution in [1.29, 1.82) is 0 Å². The molecule has 2 heterocycles. The molecule has 140 valence electrons. The van der Waals surface area contributed by atoms with Crippen LogP contribution in [0.3, 0.4) is 0 Å². The first-order chi connectivity index (χ1) is 13.0. The van der Waals surface area contributed by atoms with E-state index in [1.54, 1.807) is 24.5 Å². The summed E-state index contributed by atoms with van der Waals surface area (Å²) < 4.78 is 7.19. The third-order valence-corrected chi connectivity index (χ3v) is 5.15. The largest absolute Gasteiger partial charge is 0.461 e. The molecule has 3 rings (SSSR count). The van der Waals surface area contributed by atoms with Crippen molar-refractivity contribution in [3.05, 3.63) is 58.3 Å². The minimum Gasteiger partial charge on any atom is -0.461 e. The van der Waals surface area contributed by atoms with Crippen molar-refractivity contribution in [3.63, 3.8) is 0 Å². The number of allylic oxidation sites excluding steroid dienone is 1. The van der Waals surface area contributed by atoms with E-state index in [1.807, 2.05) is 4.57 Å². The van der Waals surface area contributed by atoms with Crippen LogP contribution in [-0.2, 0) is 11.3 Å². The first kappa shape index (κ1) is 19.8. The van der Waals surface area contributed by atoms with Crippen LogP contribution in [0.1, 0.15) is 0 Å². The Kier molecular flexibility index (Phi) is 6.49. The Morgan fingerprint density at radius 2 is 2.04 bits per heavy atom. The molecule has 10 heteroatoms. The normalized spacial score (nSPS) is 10.8. The summed E-state index contributed by atoms with van der Waals surface area (Å²) >= 11 is 19.3. The minimum absolute atomic E-state index is 0.0860. The van der Waals surface area contributed by atoms with E-state index in [2.05, 4.69) is 22.1 Å². The zero-order valence-corrected chi connectivity index (χ0v) is 16.9. The van der Waals surface area contributed by atoms with Gasteiger partial charge in [0.25, 0.3) is 0 Å². The number of hydrogen-bond acceptors (Lipinski definition) is 5. The number of anilines is 1. The smallest absolute Gasteiger partial charge is 0.234 e. The van der Waals surface area contributed by atoms with Gasteiger partial charge in [-0.3, -0.25) is 9.36 Å². The van der Waals surface area contributed by atoms with Crippen molar-refractivity contribution in [1.82, 2.24) is 14.8 Å². The number of carbonyl (C=O) groups is 1. The van der Waals surface area contributed by atoms with Crippen molar-refractivity contribution in [3.8, 4) is 11.6 Å². The zero-order valence-electron chi connectivity index (χ0n) is 13.8. The Hall–Kier alpha value is -1.93. The predicted molar refractivity (Wildman–Crippen MR) is 109 cm³/mol. The lowest BCUT2D eigenvalue weighted by molar-refractivity contribution is -0.113. The molecule has 6 nitrogen and oxygen atoms in total. The Morgan fingerprint density at radius 3 is 2.67 bits per heavy atom. The number of hydrogen-bond donors (Lipinski definition) is 1. The molecule has 3 aromatic rings. The minimum atomic E-state index is -0.293. The summed E-state index contributed by atoms with van der Waals surface area (Å²) in [5, 5.41) is 12.4. The highest BCUT2D eigenvalue weighted by Crippen LogP contribution is 2.34. The molecule has 0 unspecified atom stereocenters. The van der Waals surface area contributed by atoms with Crippen LogP contribution in [0.25, 0.3) is 11.6 Å². The van der Waals surface area contributed by atoms with Gasteiger partial charge in [-0.2, -0.15) is 0 Å². The summed E-state index contributed by atoms with van der Waals surface area (Å²) in [5.41, 5.74) is 0.317. The van der Waals surface area contributed by atoms with Crippen molar-refractivity contribution in [2.45, 2.75) is 11.7 Å². The highest BCUT2D eigenvalue weighted by Gasteiger charge is 2.17. The first-order valence-corrected chi connectivity index (χ1v) is 9.76. The number of nitrogens with zero attached hydrogens (tertiary/aromatic N) is 3. The number of nitrogens with one attached hydrogen (secondary N) is 1. The van der Waals surface area contributed by atoms with Crippen LogP contribution in [0.4, 0.5) is 5.69 Å². The molecule has 2 aromatic heterocycles. The molecule has 0 bridgehead atoms. The second-order valence-electron chi connectivity index (χ2n) is 5.26. The summed E-state index contributed by atoms with van der Waals surface area (Å²) in [5.74, 6) is 0.939. The first-order valence-electron chi connectivity index (χ1n) is 7.64. The van der Waals surface area contributed by atoms with Gasteiger partial charge in [0.1, 0.15) is 0 Å². The highest BCUT2D eigenvalue weighted by atomic mass is 35.5. The summed E-state index contributed by atoms with van der Waals surface area (Å²) in [6.07, 6.45) is 3.27. The number of aromatic nitrogens is 3. The van der Waals surface area contributed by atoms with Crippen molar-refractivity contribution < 1.29 is 9.21 Å². The molecule has 0 atom stereocenters. The maximum absolute atomic E-state index is 12.3. The molecule has 0 saturated heterocycles. The fraction of sp³-hybridized carbons (Fsp3) is 0.118. The standard InChI is InChI=1S/C17H13Cl3N4O2S/c1-2-5-24-16(13-4-3-6-26-13)22-23-17(24)27-9-14(25)21-15-11(19)7-10(18)8-12(15)20/h2-4,6-8H,1,5,9H2,(H,21,25). The van der Waals surface area contributed by atoms with Gasteiger partial charge in [-0.15, -0.1) is 16.8 Å². The number of furan rings is 1. The van der Waals surface area contributed by atoms with Gasteiger partial charge < -0.3 is 9.73 Å². The van der Waals surface area contributed by atoms with Crippen LogP contribution in [0.15, 0.2) is 52.8 Å². The van der Waals surface area contributed by atoms with Gasteiger partial charge in [0, 0.05) is 11.6 Å². The van der Waals surface area contributed by atoms with Gasteiger partial charge in [0.2, 0.25) is 11.7 Å². The van der Waals surface area contributed by atoms with Gasteiger partial charge in [0.15, 0.2) is 10.9 Å². The van der Waals surface area contributed by atoms with E-state index in [1.165, 1.54) is 23.9 Å². The maximum Gasteiger partial charge on any atom is 0.234 e. The lowest BCUT2D eigenvalue weighted by atomic mass is 10.3. The molecule has 0 aliphatic carbocycles. The summed E-state index contributed by atoms with van der Waals surface area (Å²) in [4.78, 5) is 12.3. The van der Waals surface area contributed by atoms with Gasteiger partial charge >= 0.3 is 0 Å². The third-order valence-electron chi connectivity index (χ3n) is 3.37. The quantitative estimate of drug-likeness (QED) is 0.390. The van der Waals surface area contributed by atoms with E-state index in [-0.39, 0.29) is 21.7 Å². The monoisotopic (exact) mass is 442 g/mol. The molecule has 0 fully saturated rings. The van der Waals surface area contributed by atoms with E-state index in [4.69, 9.17) is 39.2 Å². The highest BCUT2D eigenvalue weighted by molar-refractivity contribution is 7.99. The predicted octanol–water partition coefficient (Wildman–Crippen LogP) is 5.42. The van der Waals surface area contributed by atoms with Crippen LogP contribution in [0.5, 0.6) is 0 Å². The summed E-state index contributed by atoms with van der Waals surface area (Å²) in [6.45, 7) is 4.22. The Bertz CT molecular complexity index is 950. The van der Waals surface area contributed by atoms with Gasteiger partial charge in [-0.25, -0.2) is 0 Å². The molecule has 1 amide bonds. The molecule has 0 spiro atoms. The summed E-state index contributed by atoms with van der Waals surface area (Å²) in [6, 6.07) is 6.57. The number of halogens is 3. The van der Waals surface area contributed by atoms with E-state index in [9.17, 15) is 4.79 Å². The van der Waals surface area contributed by atoms with Crippen LogP contribution in [0.2, 0.25) is 15.1 Å². The maximum atomic E-state index is 12.3. The average molecular weight is 444 g/mol. The van der Waals surface area contributed by atoms with Crippen LogP contribution < -0.4 is 5.32 Å². The lowest BCUT2D eigenvalue weighted by Gasteiger charge is -2.10. The molecule has 0 aliphatic heterocycles. The Balaban J connectivity index is 1.72. The second-order valence-corrected chi connectivity index (χ2v) is 7.46. The van der Waals surface area contributed by atoms with Crippen molar-refractivity contribution >= 4 is 58.2 Å². The SMILES string of the molecule is C=CCn1c(SCC(=O)Nc2c(Cl)cc(Cl)cc2Cl)nnc1-c1ccco1.